The van der Waals surface area contributed by atoms with Crippen LogP contribution in [0.4, 0.5) is 4.79 Å². The predicted octanol–water partition coefficient (Wildman–Crippen LogP) is 1.80. The van der Waals surface area contributed by atoms with Crippen molar-refractivity contribution in [3.63, 3.8) is 0 Å². The molecular formula is C12H19N3O2. The molecule has 1 aromatic rings. The van der Waals surface area contributed by atoms with E-state index in [2.05, 4.69) is 10.4 Å². The number of ether oxygens (including phenoxy) is 1. The standard InChI is InChI=1S/C12H19N3O2/c1-12(2,3)17-11(16)14-9-7-8(9)10-5-6-13-15(10)4/h5-6,8-9H,7H2,1-4H3,(H,14,16)/t8-,9-/m1/s1. The van der Waals surface area contributed by atoms with Crippen LogP contribution in [0.25, 0.3) is 0 Å². The van der Waals surface area contributed by atoms with Gasteiger partial charge in [-0.2, -0.15) is 5.10 Å². The van der Waals surface area contributed by atoms with E-state index in [1.807, 2.05) is 38.6 Å². The summed E-state index contributed by atoms with van der Waals surface area (Å²) in [4.78, 5) is 11.6. The second-order valence-electron chi connectivity index (χ2n) is 5.47. The first-order chi connectivity index (χ1) is 7.87. The Labute approximate surface area is 101 Å². The first-order valence-electron chi connectivity index (χ1n) is 5.84. The fraction of sp³-hybridized carbons (Fsp3) is 0.667. The Balaban J connectivity index is 1.85. The van der Waals surface area contributed by atoms with E-state index >= 15 is 0 Å². The van der Waals surface area contributed by atoms with Crippen LogP contribution in [0.3, 0.4) is 0 Å². The van der Waals surface area contributed by atoms with E-state index in [4.69, 9.17) is 4.74 Å². The van der Waals surface area contributed by atoms with Crippen LogP contribution < -0.4 is 5.32 Å². The Bertz CT molecular complexity index is 420. The van der Waals surface area contributed by atoms with Crippen LogP contribution in [0.2, 0.25) is 0 Å². The van der Waals surface area contributed by atoms with Crippen molar-refractivity contribution in [2.75, 3.05) is 0 Å². The lowest BCUT2D eigenvalue weighted by Gasteiger charge is -2.19. The molecule has 1 fully saturated rings. The highest BCUT2D eigenvalue weighted by Crippen LogP contribution is 2.40. The van der Waals surface area contributed by atoms with Crippen molar-refractivity contribution in [3.8, 4) is 0 Å². The van der Waals surface area contributed by atoms with Gasteiger partial charge in [0.05, 0.1) is 0 Å². The predicted molar refractivity (Wildman–Crippen MR) is 63.7 cm³/mol. The van der Waals surface area contributed by atoms with Crippen molar-refractivity contribution < 1.29 is 9.53 Å². The molecular weight excluding hydrogens is 218 g/mol. The van der Waals surface area contributed by atoms with Crippen LogP contribution in [0.1, 0.15) is 38.8 Å². The summed E-state index contributed by atoms with van der Waals surface area (Å²) in [6.07, 6.45) is 2.39. The minimum absolute atomic E-state index is 0.181. The fourth-order valence-electron chi connectivity index (χ4n) is 1.89. The number of aromatic nitrogens is 2. The van der Waals surface area contributed by atoms with E-state index in [0.29, 0.717) is 5.92 Å². The molecule has 1 amide bonds. The highest BCUT2D eigenvalue weighted by atomic mass is 16.6. The maximum atomic E-state index is 11.6. The SMILES string of the molecule is Cn1nccc1[C@@H]1C[C@H]1NC(=O)OC(C)(C)C. The summed E-state index contributed by atoms with van der Waals surface area (Å²) in [5, 5.41) is 7.00. The molecule has 17 heavy (non-hydrogen) atoms. The normalized spacial score (nSPS) is 23.3. The van der Waals surface area contributed by atoms with Gasteiger partial charge in [-0.1, -0.05) is 0 Å². The molecule has 0 unspecified atom stereocenters. The monoisotopic (exact) mass is 237 g/mol. The number of amides is 1. The maximum Gasteiger partial charge on any atom is 0.407 e. The van der Waals surface area contributed by atoms with Gasteiger partial charge in [-0.15, -0.1) is 0 Å². The quantitative estimate of drug-likeness (QED) is 0.853. The van der Waals surface area contributed by atoms with Crippen LogP contribution in [0, 0.1) is 0 Å². The first kappa shape index (κ1) is 12.0. The van der Waals surface area contributed by atoms with Gasteiger partial charge in [-0.3, -0.25) is 4.68 Å². The number of nitrogens with zero attached hydrogens (tertiary/aromatic N) is 2. The summed E-state index contributed by atoms with van der Waals surface area (Å²) >= 11 is 0. The Morgan fingerprint density at radius 1 is 1.59 bits per heavy atom. The zero-order chi connectivity index (χ0) is 12.6. The zero-order valence-electron chi connectivity index (χ0n) is 10.7. The summed E-state index contributed by atoms with van der Waals surface area (Å²) in [6, 6.07) is 2.17. The highest BCUT2D eigenvalue weighted by Gasteiger charge is 2.42. The molecule has 5 heteroatoms. The largest absolute Gasteiger partial charge is 0.444 e. The van der Waals surface area contributed by atoms with Crippen molar-refractivity contribution in [3.05, 3.63) is 18.0 Å². The minimum Gasteiger partial charge on any atom is -0.444 e. The van der Waals surface area contributed by atoms with Crippen LogP contribution in [0.5, 0.6) is 0 Å². The summed E-state index contributed by atoms with van der Waals surface area (Å²) in [6.45, 7) is 5.58. The average molecular weight is 237 g/mol. The smallest absolute Gasteiger partial charge is 0.407 e. The van der Waals surface area contributed by atoms with Crippen LogP contribution in [-0.4, -0.2) is 27.5 Å². The maximum absolute atomic E-state index is 11.6. The molecule has 1 heterocycles. The lowest BCUT2D eigenvalue weighted by Crippen LogP contribution is -2.34. The lowest BCUT2D eigenvalue weighted by atomic mass is 10.2. The van der Waals surface area contributed by atoms with Crippen LogP contribution in [-0.2, 0) is 11.8 Å². The van der Waals surface area contributed by atoms with Gasteiger partial charge in [0, 0.05) is 30.9 Å². The lowest BCUT2D eigenvalue weighted by molar-refractivity contribution is 0.0522. The zero-order valence-corrected chi connectivity index (χ0v) is 10.7. The Kier molecular flexibility index (Phi) is 2.85. The van der Waals surface area contributed by atoms with E-state index in [-0.39, 0.29) is 12.1 Å². The third-order valence-electron chi connectivity index (χ3n) is 2.73. The molecule has 1 saturated carbocycles. The van der Waals surface area contributed by atoms with Crippen molar-refractivity contribution in [1.82, 2.24) is 15.1 Å². The molecule has 1 aliphatic rings. The molecule has 0 aliphatic heterocycles. The summed E-state index contributed by atoms with van der Waals surface area (Å²) < 4.78 is 7.06. The van der Waals surface area contributed by atoms with Gasteiger partial charge >= 0.3 is 6.09 Å². The molecule has 0 radical (unpaired) electrons. The number of hydrogen-bond donors (Lipinski definition) is 1. The molecule has 94 valence electrons. The second kappa shape index (κ2) is 4.05. The highest BCUT2D eigenvalue weighted by molar-refractivity contribution is 5.69. The van der Waals surface area contributed by atoms with Gasteiger partial charge in [-0.25, -0.2) is 4.79 Å². The van der Waals surface area contributed by atoms with Crippen molar-refractivity contribution in [1.29, 1.82) is 0 Å². The Hall–Kier alpha value is -1.52. The third kappa shape index (κ3) is 2.99. The van der Waals surface area contributed by atoms with Gasteiger partial charge in [0.2, 0.25) is 0 Å². The molecule has 1 aliphatic carbocycles. The third-order valence-corrected chi connectivity index (χ3v) is 2.73. The molecule has 0 bridgehead atoms. The molecule has 1 N–H and O–H groups in total. The number of rotatable bonds is 2. The van der Waals surface area contributed by atoms with E-state index in [1.165, 1.54) is 0 Å². The van der Waals surface area contributed by atoms with Gasteiger partial charge < -0.3 is 10.1 Å². The van der Waals surface area contributed by atoms with Crippen LogP contribution in [0.15, 0.2) is 12.3 Å². The van der Waals surface area contributed by atoms with Gasteiger partial charge in [0.1, 0.15) is 5.60 Å². The fourth-order valence-corrected chi connectivity index (χ4v) is 1.89. The summed E-state index contributed by atoms with van der Waals surface area (Å²) in [5.41, 5.74) is 0.715. The van der Waals surface area contributed by atoms with E-state index in [0.717, 1.165) is 12.1 Å². The van der Waals surface area contributed by atoms with Crippen molar-refractivity contribution >= 4 is 6.09 Å². The minimum atomic E-state index is -0.443. The van der Waals surface area contributed by atoms with Crippen LogP contribution >= 0.6 is 0 Å². The van der Waals surface area contributed by atoms with E-state index in [9.17, 15) is 4.79 Å². The Morgan fingerprint density at radius 3 is 2.82 bits per heavy atom. The molecule has 2 atom stereocenters. The first-order valence-corrected chi connectivity index (χ1v) is 5.84. The molecule has 1 aromatic heterocycles. The van der Waals surface area contributed by atoms with E-state index in [1.54, 1.807) is 6.20 Å². The van der Waals surface area contributed by atoms with E-state index < -0.39 is 5.60 Å². The van der Waals surface area contributed by atoms with Crippen molar-refractivity contribution in [2.24, 2.45) is 7.05 Å². The number of carbonyl (C=O) groups is 1. The average Bonchev–Trinajstić information content (AvgIpc) is 2.75. The molecule has 0 spiro atoms. The molecule has 5 nitrogen and oxygen atoms in total. The number of hydrogen-bond acceptors (Lipinski definition) is 3. The van der Waals surface area contributed by atoms with Gasteiger partial charge in [0.25, 0.3) is 0 Å². The summed E-state index contributed by atoms with van der Waals surface area (Å²) in [7, 11) is 1.91. The number of nitrogens with one attached hydrogen (secondary N) is 1. The summed E-state index contributed by atoms with van der Waals surface area (Å²) in [5.74, 6) is 0.370. The topological polar surface area (TPSA) is 56.2 Å². The second-order valence-corrected chi connectivity index (χ2v) is 5.47. The number of carbonyl (C=O) groups excluding carboxylic acids is 1. The number of aryl methyl sites for hydroxylation is 1. The number of alkyl carbamates (subject to hydrolysis) is 1. The van der Waals surface area contributed by atoms with Gasteiger partial charge in [-0.05, 0) is 33.3 Å². The molecule has 0 saturated heterocycles. The molecule has 0 aromatic carbocycles. The Morgan fingerprint density at radius 2 is 2.29 bits per heavy atom. The molecule has 2 rings (SSSR count). The van der Waals surface area contributed by atoms with Gasteiger partial charge in [0.15, 0.2) is 0 Å². The van der Waals surface area contributed by atoms with Crippen molar-refractivity contribution in [2.45, 2.75) is 44.8 Å².